The molecular weight excluding hydrogens is 328 g/mol. The zero-order chi connectivity index (χ0) is 19.1. The number of likely N-dealkylation sites (tertiary alicyclic amines) is 1. The average molecular weight is 354 g/mol. The topological polar surface area (TPSA) is 85.3 Å². The summed E-state index contributed by atoms with van der Waals surface area (Å²) in [6.07, 6.45) is 6.55. The van der Waals surface area contributed by atoms with Gasteiger partial charge in [-0.1, -0.05) is 18.7 Å². The summed E-state index contributed by atoms with van der Waals surface area (Å²) in [4.78, 5) is 26.7. The Morgan fingerprint density at radius 1 is 1.38 bits per heavy atom. The smallest absolute Gasteiger partial charge is 0.257 e. The number of hydrogen-bond donors (Lipinski definition) is 3. The van der Waals surface area contributed by atoms with Crippen LogP contribution in [-0.4, -0.2) is 42.6 Å². The van der Waals surface area contributed by atoms with Gasteiger partial charge in [0.05, 0.1) is 5.57 Å². The monoisotopic (exact) mass is 354 g/mol. The Kier molecular flexibility index (Phi) is 6.86. The van der Waals surface area contributed by atoms with Crippen molar-refractivity contribution >= 4 is 29.4 Å². The van der Waals surface area contributed by atoms with Gasteiger partial charge in [0.25, 0.3) is 5.91 Å². The van der Waals surface area contributed by atoms with Crippen molar-refractivity contribution in [3.63, 3.8) is 0 Å². The third kappa shape index (κ3) is 5.13. The maximum atomic E-state index is 12.3. The number of nitrogens with one attached hydrogen (secondary N) is 3. The Morgan fingerprint density at radius 2 is 2.15 bits per heavy atom. The van der Waals surface area contributed by atoms with E-state index >= 15 is 0 Å². The Balaban J connectivity index is 2.05. The molecule has 1 aromatic carbocycles. The summed E-state index contributed by atoms with van der Waals surface area (Å²) in [6.45, 7) is 6.44. The van der Waals surface area contributed by atoms with Crippen molar-refractivity contribution < 1.29 is 9.59 Å². The van der Waals surface area contributed by atoms with E-state index < -0.39 is 0 Å². The van der Waals surface area contributed by atoms with E-state index in [0.29, 0.717) is 23.8 Å². The highest BCUT2D eigenvalue weighted by Gasteiger charge is 2.23. The minimum absolute atomic E-state index is 0.0309. The number of anilines is 2. The van der Waals surface area contributed by atoms with Crippen molar-refractivity contribution in [1.29, 1.82) is 5.41 Å². The van der Waals surface area contributed by atoms with Crippen LogP contribution in [0.2, 0.25) is 0 Å². The quantitative estimate of drug-likeness (QED) is 0.399. The summed E-state index contributed by atoms with van der Waals surface area (Å²) < 4.78 is 0. The molecule has 3 N–H and O–H groups in total. The molecule has 2 amide bonds. The van der Waals surface area contributed by atoms with Gasteiger partial charge in [0.2, 0.25) is 5.91 Å². The fourth-order valence-electron chi connectivity index (χ4n) is 3.01. The van der Waals surface area contributed by atoms with Gasteiger partial charge in [0.15, 0.2) is 0 Å². The predicted octanol–water partition coefficient (Wildman–Crippen LogP) is 3.12. The number of allylic oxidation sites excluding steroid dienone is 2. The Hall–Kier alpha value is -2.73. The first-order valence-corrected chi connectivity index (χ1v) is 8.70. The summed E-state index contributed by atoms with van der Waals surface area (Å²) in [5, 5.41) is 13.0. The molecule has 0 bridgehead atoms. The number of benzene rings is 1. The van der Waals surface area contributed by atoms with Gasteiger partial charge in [-0.2, -0.15) is 0 Å². The molecule has 0 radical (unpaired) electrons. The lowest BCUT2D eigenvalue weighted by Gasteiger charge is -2.19. The van der Waals surface area contributed by atoms with Crippen LogP contribution in [0.1, 0.15) is 24.8 Å². The molecule has 0 spiro atoms. The lowest BCUT2D eigenvalue weighted by molar-refractivity contribution is -0.117. The minimum atomic E-state index is -0.390. The number of nitrogens with zero attached hydrogens (tertiary/aromatic N) is 1. The van der Waals surface area contributed by atoms with E-state index in [1.54, 1.807) is 6.07 Å². The summed E-state index contributed by atoms with van der Waals surface area (Å²) in [6, 6.07) is 5.68. The molecule has 1 aromatic rings. The maximum absolute atomic E-state index is 12.3. The molecule has 6 heteroatoms. The normalized spacial score (nSPS) is 17.6. The third-order valence-corrected chi connectivity index (χ3v) is 4.58. The van der Waals surface area contributed by atoms with Gasteiger partial charge < -0.3 is 20.9 Å². The van der Waals surface area contributed by atoms with Crippen molar-refractivity contribution in [3.8, 4) is 0 Å². The summed E-state index contributed by atoms with van der Waals surface area (Å²) in [7, 11) is 2.04. The molecular formula is C20H26N4O2. The summed E-state index contributed by atoms with van der Waals surface area (Å²) >= 11 is 0. The first-order chi connectivity index (χ1) is 12.4. The van der Waals surface area contributed by atoms with Crippen LogP contribution in [0.15, 0.2) is 42.5 Å². The Bertz CT molecular complexity index is 739. The van der Waals surface area contributed by atoms with E-state index in [4.69, 9.17) is 5.41 Å². The number of carbonyl (C=O) groups excluding carboxylic acids is 2. The second-order valence-electron chi connectivity index (χ2n) is 6.51. The van der Waals surface area contributed by atoms with Gasteiger partial charge in [0, 0.05) is 30.1 Å². The molecule has 1 unspecified atom stereocenters. The SMILES string of the molecule is C=CC=C(C=N)C(=O)Nc1cc(NC(=O)CC2CCCN2C)ccc1C. The van der Waals surface area contributed by atoms with Gasteiger partial charge >= 0.3 is 0 Å². The van der Waals surface area contributed by atoms with Gasteiger partial charge in [-0.3, -0.25) is 9.59 Å². The average Bonchev–Trinajstić information content (AvgIpc) is 3.00. The Labute approximate surface area is 154 Å². The lowest BCUT2D eigenvalue weighted by Crippen LogP contribution is -2.29. The van der Waals surface area contributed by atoms with Crippen LogP contribution in [0.3, 0.4) is 0 Å². The molecule has 1 heterocycles. The van der Waals surface area contributed by atoms with Gasteiger partial charge in [-0.05, 0) is 57.1 Å². The van der Waals surface area contributed by atoms with Crippen LogP contribution in [-0.2, 0) is 9.59 Å². The van der Waals surface area contributed by atoms with Crippen molar-refractivity contribution in [2.45, 2.75) is 32.2 Å². The molecule has 2 rings (SSSR count). The van der Waals surface area contributed by atoms with E-state index in [1.807, 2.05) is 26.1 Å². The molecule has 1 aliphatic rings. The lowest BCUT2D eigenvalue weighted by atomic mass is 10.1. The molecule has 1 aliphatic heterocycles. The predicted molar refractivity (Wildman–Crippen MR) is 106 cm³/mol. The molecule has 1 atom stereocenters. The first kappa shape index (κ1) is 19.6. The zero-order valence-electron chi connectivity index (χ0n) is 15.3. The standard InChI is InChI=1S/C20H26N4O2/c1-4-6-15(13-21)20(26)23-18-11-16(9-8-14(18)2)22-19(25)12-17-7-5-10-24(17)3/h4,6,8-9,11,13,17,21H,1,5,7,10,12H2,2-3H3,(H,22,25)(H,23,26). The maximum Gasteiger partial charge on any atom is 0.257 e. The van der Waals surface area contributed by atoms with Crippen molar-refractivity contribution in [3.05, 3.63) is 48.1 Å². The van der Waals surface area contributed by atoms with Gasteiger partial charge in [-0.15, -0.1) is 0 Å². The highest BCUT2D eigenvalue weighted by atomic mass is 16.2. The fraction of sp³-hybridized carbons (Fsp3) is 0.350. The van der Waals surface area contributed by atoms with E-state index in [0.717, 1.165) is 31.2 Å². The Morgan fingerprint density at radius 3 is 2.77 bits per heavy atom. The van der Waals surface area contributed by atoms with Crippen LogP contribution < -0.4 is 10.6 Å². The van der Waals surface area contributed by atoms with Crippen molar-refractivity contribution in [2.24, 2.45) is 0 Å². The highest BCUT2D eigenvalue weighted by Crippen LogP contribution is 2.22. The molecule has 26 heavy (non-hydrogen) atoms. The molecule has 1 fully saturated rings. The number of carbonyl (C=O) groups is 2. The molecule has 0 saturated carbocycles. The number of amides is 2. The molecule has 6 nitrogen and oxygen atoms in total. The van der Waals surface area contributed by atoms with E-state index in [9.17, 15) is 9.59 Å². The highest BCUT2D eigenvalue weighted by molar-refractivity contribution is 6.17. The number of hydrogen-bond acceptors (Lipinski definition) is 4. The van der Waals surface area contributed by atoms with Gasteiger partial charge in [-0.25, -0.2) is 0 Å². The first-order valence-electron chi connectivity index (χ1n) is 8.70. The van der Waals surface area contributed by atoms with E-state index in [2.05, 4.69) is 22.1 Å². The second-order valence-corrected chi connectivity index (χ2v) is 6.51. The van der Waals surface area contributed by atoms with Crippen LogP contribution in [0, 0.1) is 12.3 Å². The molecule has 0 aliphatic carbocycles. The van der Waals surface area contributed by atoms with Crippen LogP contribution in [0.25, 0.3) is 0 Å². The van der Waals surface area contributed by atoms with E-state index in [1.165, 1.54) is 12.2 Å². The largest absolute Gasteiger partial charge is 0.326 e. The summed E-state index contributed by atoms with van der Waals surface area (Å²) in [5.41, 5.74) is 2.32. The van der Waals surface area contributed by atoms with Crippen molar-refractivity contribution in [1.82, 2.24) is 4.90 Å². The van der Waals surface area contributed by atoms with Crippen LogP contribution in [0.5, 0.6) is 0 Å². The fourth-order valence-corrected chi connectivity index (χ4v) is 3.01. The van der Waals surface area contributed by atoms with Crippen LogP contribution >= 0.6 is 0 Å². The van der Waals surface area contributed by atoms with Gasteiger partial charge in [0.1, 0.15) is 0 Å². The second kappa shape index (κ2) is 9.10. The number of rotatable bonds is 7. The van der Waals surface area contributed by atoms with E-state index in [-0.39, 0.29) is 17.4 Å². The minimum Gasteiger partial charge on any atom is -0.326 e. The van der Waals surface area contributed by atoms with Crippen LogP contribution in [0.4, 0.5) is 11.4 Å². The number of aryl methyl sites for hydroxylation is 1. The molecule has 0 aromatic heterocycles. The zero-order valence-corrected chi connectivity index (χ0v) is 15.3. The van der Waals surface area contributed by atoms with Crippen molar-refractivity contribution in [2.75, 3.05) is 24.2 Å². The third-order valence-electron chi connectivity index (χ3n) is 4.58. The molecule has 1 saturated heterocycles. The molecule has 138 valence electrons. The summed E-state index contributed by atoms with van der Waals surface area (Å²) in [5.74, 6) is -0.421.